The summed E-state index contributed by atoms with van der Waals surface area (Å²) in [6.45, 7) is 4.81. The number of hydrogen-bond acceptors (Lipinski definition) is 5. The summed E-state index contributed by atoms with van der Waals surface area (Å²) in [7, 11) is 1.59. The van der Waals surface area contributed by atoms with Crippen LogP contribution in [0.15, 0.2) is 24.3 Å². The molecule has 7 nitrogen and oxygen atoms in total. The molecule has 1 saturated heterocycles. The van der Waals surface area contributed by atoms with Crippen LogP contribution in [0.5, 0.6) is 5.75 Å². The number of hydrogen-bond donors (Lipinski definition) is 1. The van der Waals surface area contributed by atoms with Gasteiger partial charge in [0.1, 0.15) is 12.4 Å². The van der Waals surface area contributed by atoms with Gasteiger partial charge in [-0.15, -0.1) is 0 Å². The van der Waals surface area contributed by atoms with E-state index in [0.717, 1.165) is 24.2 Å². The third-order valence-corrected chi connectivity index (χ3v) is 4.47. The van der Waals surface area contributed by atoms with Gasteiger partial charge in [-0.2, -0.15) is 0 Å². The number of benzene rings is 1. The highest BCUT2D eigenvalue weighted by Gasteiger charge is 2.23. The number of nitrogens with zero attached hydrogens (tertiary/aromatic N) is 1. The van der Waals surface area contributed by atoms with E-state index < -0.39 is 0 Å². The molecule has 0 aromatic heterocycles. The van der Waals surface area contributed by atoms with Crippen LogP contribution >= 0.6 is 0 Å². The Balaban J connectivity index is 1.68. The van der Waals surface area contributed by atoms with Gasteiger partial charge in [-0.1, -0.05) is 12.1 Å². The summed E-state index contributed by atoms with van der Waals surface area (Å²) in [5, 5.41) is 2.97. The molecular formula is C20H30N2O5. The molecule has 1 heterocycles. The van der Waals surface area contributed by atoms with Gasteiger partial charge in [0.15, 0.2) is 0 Å². The fourth-order valence-corrected chi connectivity index (χ4v) is 3.01. The van der Waals surface area contributed by atoms with E-state index in [1.165, 1.54) is 0 Å². The van der Waals surface area contributed by atoms with Gasteiger partial charge < -0.3 is 24.4 Å². The average Bonchev–Trinajstić information content (AvgIpc) is 2.67. The number of amides is 2. The lowest BCUT2D eigenvalue weighted by atomic mass is 10.0. The number of ether oxygens (including phenoxy) is 3. The molecule has 2 rings (SSSR count). The summed E-state index contributed by atoms with van der Waals surface area (Å²) in [4.78, 5) is 26.2. The summed E-state index contributed by atoms with van der Waals surface area (Å²) in [6, 6.07) is 7.74. The van der Waals surface area contributed by atoms with Crippen molar-refractivity contribution in [2.75, 3.05) is 46.6 Å². The van der Waals surface area contributed by atoms with Crippen LogP contribution in [-0.4, -0.2) is 69.4 Å². The highest BCUT2D eigenvalue weighted by molar-refractivity contribution is 5.79. The Morgan fingerprint density at radius 1 is 1.15 bits per heavy atom. The number of carbonyl (C=O) groups excluding carboxylic acids is 2. The Kier molecular flexibility index (Phi) is 9.07. The van der Waals surface area contributed by atoms with Crippen LogP contribution in [0.3, 0.4) is 0 Å². The third kappa shape index (κ3) is 7.56. The molecule has 0 radical (unpaired) electrons. The summed E-state index contributed by atoms with van der Waals surface area (Å²) in [5.41, 5.74) is 0.979. The van der Waals surface area contributed by atoms with Crippen molar-refractivity contribution >= 4 is 11.8 Å². The second kappa shape index (κ2) is 11.6. The maximum atomic E-state index is 12.5. The van der Waals surface area contributed by atoms with E-state index in [1.807, 2.05) is 36.1 Å². The summed E-state index contributed by atoms with van der Waals surface area (Å²) >= 11 is 0. The van der Waals surface area contributed by atoms with Crippen LogP contribution in [0.1, 0.15) is 25.3 Å². The Morgan fingerprint density at radius 3 is 2.48 bits per heavy atom. The van der Waals surface area contributed by atoms with Crippen molar-refractivity contribution in [2.45, 2.75) is 32.2 Å². The van der Waals surface area contributed by atoms with E-state index in [0.29, 0.717) is 39.3 Å². The van der Waals surface area contributed by atoms with Crippen molar-refractivity contribution in [1.29, 1.82) is 0 Å². The van der Waals surface area contributed by atoms with Crippen molar-refractivity contribution in [3.63, 3.8) is 0 Å². The average molecular weight is 378 g/mol. The van der Waals surface area contributed by atoms with Gasteiger partial charge in [0.2, 0.25) is 11.8 Å². The predicted octanol–water partition coefficient (Wildman–Crippen LogP) is 1.40. The van der Waals surface area contributed by atoms with Crippen LogP contribution < -0.4 is 10.1 Å². The van der Waals surface area contributed by atoms with Gasteiger partial charge in [0.25, 0.3) is 0 Å². The highest BCUT2D eigenvalue weighted by atomic mass is 16.5. The fraction of sp³-hybridized carbons (Fsp3) is 0.600. The van der Waals surface area contributed by atoms with Crippen LogP contribution in [-0.2, 0) is 25.5 Å². The Labute approximate surface area is 161 Å². The normalized spacial score (nSPS) is 14.8. The van der Waals surface area contributed by atoms with Gasteiger partial charge in [-0.05, 0) is 37.5 Å². The van der Waals surface area contributed by atoms with E-state index in [2.05, 4.69) is 5.32 Å². The van der Waals surface area contributed by atoms with Gasteiger partial charge >= 0.3 is 0 Å². The van der Waals surface area contributed by atoms with Crippen LogP contribution in [0, 0.1) is 0 Å². The second-order valence-corrected chi connectivity index (χ2v) is 6.52. The van der Waals surface area contributed by atoms with E-state index in [9.17, 15) is 9.59 Å². The summed E-state index contributed by atoms with van der Waals surface area (Å²) < 4.78 is 15.5. The molecular weight excluding hydrogens is 348 g/mol. The Morgan fingerprint density at radius 2 is 1.85 bits per heavy atom. The molecule has 27 heavy (non-hydrogen) atoms. The first-order valence-corrected chi connectivity index (χ1v) is 9.48. The maximum Gasteiger partial charge on any atom is 0.246 e. The first-order chi connectivity index (χ1) is 13.1. The molecule has 1 aliphatic heterocycles. The molecule has 1 N–H and O–H groups in total. The molecule has 0 bridgehead atoms. The number of piperidine rings is 1. The molecule has 0 saturated carbocycles. The molecule has 0 atom stereocenters. The number of carbonyl (C=O) groups is 2. The summed E-state index contributed by atoms with van der Waals surface area (Å²) in [6.07, 6.45) is 1.91. The molecule has 2 amide bonds. The van der Waals surface area contributed by atoms with Crippen molar-refractivity contribution in [1.82, 2.24) is 10.2 Å². The smallest absolute Gasteiger partial charge is 0.246 e. The van der Waals surface area contributed by atoms with E-state index in [1.54, 1.807) is 7.11 Å². The van der Waals surface area contributed by atoms with Crippen molar-refractivity contribution in [3.8, 4) is 5.75 Å². The first kappa shape index (κ1) is 21.2. The van der Waals surface area contributed by atoms with Gasteiger partial charge in [0.05, 0.1) is 26.2 Å². The minimum Gasteiger partial charge on any atom is -0.494 e. The van der Waals surface area contributed by atoms with Crippen LogP contribution in [0.4, 0.5) is 0 Å². The minimum atomic E-state index is -0.120. The van der Waals surface area contributed by atoms with Crippen molar-refractivity contribution < 1.29 is 23.8 Å². The largest absolute Gasteiger partial charge is 0.494 e. The molecule has 7 heteroatoms. The first-order valence-electron chi connectivity index (χ1n) is 9.48. The second-order valence-electron chi connectivity index (χ2n) is 6.52. The molecule has 0 spiro atoms. The van der Waals surface area contributed by atoms with E-state index >= 15 is 0 Å². The lowest BCUT2D eigenvalue weighted by Gasteiger charge is -2.32. The van der Waals surface area contributed by atoms with E-state index in [-0.39, 0.29) is 24.5 Å². The number of methoxy groups -OCH3 is 1. The highest BCUT2D eigenvalue weighted by Crippen LogP contribution is 2.15. The molecule has 1 fully saturated rings. The lowest BCUT2D eigenvalue weighted by Crippen LogP contribution is -2.47. The molecule has 150 valence electrons. The molecule has 1 aromatic carbocycles. The fourth-order valence-electron chi connectivity index (χ4n) is 3.01. The molecule has 1 aromatic rings. The topological polar surface area (TPSA) is 77.1 Å². The number of nitrogens with one attached hydrogen (secondary N) is 1. The van der Waals surface area contributed by atoms with E-state index in [4.69, 9.17) is 14.2 Å². The minimum absolute atomic E-state index is 0.0419. The van der Waals surface area contributed by atoms with Crippen molar-refractivity contribution in [3.05, 3.63) is 29.8 Å². The lowest BCUT2D eigenvalue weighted by molar-refractivity contribution is -0.132. The SMILES string of the molecule is CCOc1ccc(CC(=O)N2CCC(NC(=O)COCCOC)CC2)cc1. The zero-order chi connectivity index (χ0) is 19.5. The zero-order valence-corrected chi connectivity index (χ0v) is 16.2. The maximum absolute atomic E-state index is 12.5. The predicted molar refractivity (Wildman–Crippen MR) is 102 cm³/mol. The van der Waals surface area contributed by atoms with Gasteiger partial charge in [0, 0.05) is 26.2 Å². The standard InChI is InChI=1S/C20H30N2O5/c1-3-27-18-6-4-16(5-7-18)14-20(24)22-10-8-17(9-11-22)21-19(23)15-26-13-12-25-2/h4-7,17H,3,8-15H2,1-2H3,(H,21,23). The van der Waals surface area contributed by atoms with Crippen LogP contribution in [0.2, 0.25) is 0 Å². The Bertz CT molecular complexity index is 583. The van der Waals surface area contributed by atoms with Crippen LogP contribution in [0.25, 0.3) is 0 Å². The van der Waals surface area contributed by atoms with Gasteiger partial charge in [-0.3, -0.25) is 9.59 Å². The molecule has 1 aliphatic rings. The molecule has 0 unspecified atom stereocenters. The summed E-state index contributed by atoms with van der Waals surface area (Å²) in [5.74, 6) is 0.813. The van der Waals surface area contributed by atoms with Crippen molar-refractivity contribution in [2.24, 2.45) is 0 Å². The van der Waals surface area contributed by atoms with Gasteiger partial charge in [-0.25, -0.2) is 0 Å². The Hall–Kier alpha value is -2.12. The quantitative estimate of drug-likeness (QED) is 0.623. The third-order valence-electron chi connectivity index (χ3n) is 4.47. The number of likely N-dealkylation sites (tertiary alicyclic amines) is 1. The molecule has 0 aliphatic carbocycles. The zero-order valence-electron chi connectivity index (χ0n) is 16.2. The number of rotatable bonds is 10. The monoisotopic (exact) mass is 378 g/mol.